The fourth-order valence-corrected chi connectivity index (χ4v) is 7.08. The zero-order valence-electron chi connectivity index (χ0n) is 17.5. The van der Waals surface area contributed by atoms with Crippen molar-refractivity contribution in [2.45, 2.75) is 67.8 Å². The summed E-state index contributed by atoms with van der Waals surface area (Å²) < 4.78 is 12.0. The average Bonchev–Trinajstić information content (AvgIpc) is 2.98. The minimum absolute atomic E-state index is 0.0444. The molecular formula is C22H28BIO6. The number of halogens is 1. The predicted molar refractivity (Wildman–Crippen MR) is 124 cm³/mol. The normalized spacial score (nSPS) is 30.3. The molecule has 6 nitrogen and oxygen atoms in total. The Morgan fingerprint density at radius 1 is 1.23 bits per heavy atom. The van der Waals surface area contributed by atoms with E-state index in [4.69, 9.17) is 9.15 Å². The number of ether oxygens (including phenoxy) is 1. The first kappa shape index (κ1) is 21.8. The second-order valence-corrected chi connectivity index (χ2v) is 11.3. The van der Waals surface area contributed by atoms with Crippen LogP contribution in [0.4, 0.5) is 0 Å². The van der Waals surface area contributed by atoms with E-state index in [1.165, 1.54) is 12.3 Å². The maximum Gasteiger partial charge on any atom is 0.496 e. The Balaban J connectivity index is 2.13. The van der Waals surface area contributed by atoms with Gasteiger partial charge in [0.1, 0.15) is 11.3 Å². The summed E-state index contributed by atoms with van der Waals surface area (Å²) in [5.41, 5.74) is 0.599. The van der Waals surface area contributed by atoms with Gasteiger partial charge in [0.25, 0.3) is 0 Å². The summed E-state index contributed by atoms with van der Waals surface area (Å²) in [6.45, 7) is 10.6. The summed E-state index contributed by atoms with van der Waals surface area (Å²) in [6.07, 6.45) is 5.74. The Hall–Kier alpha value is -1.39. The van der Waals surface area contributed by atoms with Crippen molar-refractivity contribution in [3.63, 3.8) is 0 Å². The van der Waals surface area contributed by atoms with Gasteiger partial charge >= 0.3 is 7.12 Å². The first-order chi connectivity index (χ1) is 14.0. The molecule has 4 rings (SSSR count). The largest absolute Gasteiger partial charge is 0.504 e. The fraction of sp³-hybridized carbons (Fsp3) is 0.545. The SMILES string of the molecule is C=COC1CC[C@]2(I)C(C)(C)CCC[C@@]2(C)c2c1oc1c(B(O)O)c(O)c(O)cc21. The molecule has 0 bridgehead atoms. The van der Waals surface area contributed by atoms with Crippen LogP contribution in [0.3, 0.4) is 0 Å². The molecule has 0 radical (unpaired) electrons. The van der Waals surface area contributed by atoms with E-state index >= 15 is 0 Å². The van der Waals surface area contributed by atoms with E-state index < -0.39 is 18.6 Å². The molecule has 1 aromatic heterocycles. The van der Waals surface area contributed by atoms with Gasteiger partial charge in [-0.3, -0.25) is 0 Å². The van der Waals surface area contributed by atoms with Crippen LogP contribution < -0.4 is 5.46 Å². The molecule has 2 aliphatic rings. The molecule has 2 aliphatic carbocycles. The van der Waals surface area contributed by atoms with Crippen LogP contribution in [0.2, 0.25) is 0 Å². The minimum Gasteiger partial charge on any atom is -0.504 e. The van der Waals surface area contributed by atoms with Gasteiger partial charge in [0.05, 0.1) is 11.7 Å². The number of alkyl halides is 1. The third-order valence-corrected chi connectivity index (χ3v) is 10.7. The lowest BCUT2D eigenvalue weighted by atomic mass is 9.53. The Morgan fingerprint density at radius 3 is 2.57 bits per heavy atom. The lowest BCUT2D eigenvalue weighted by molar-refractivity contribution is 0.0821. The van der Waals surface area contributed by atoms with E-state index in [9.17, 15) is 20.3 Å². The molecule has 162 valence electrons. The van der Waals surface area contributed by atoms with Gasteiger partial charge in [0, 0.05) is 19.8 Å². The highest BCUT2D eigenvalue weighted by Gasteiger charge is 2.61. The topological polar surface area (TPSA) is 103 Å². The van der Waals surface area contributed by atoms with Crippen LogP contribution in [0.25, 0.3) is 11.0 Å². The van der Waals surface area contributed by atoms with Gasteiger partial charge in [-0.15, -0.1) is 0 Å². The van der Waals surface area contributed by atoms with Crippen LogP contribution in [-0.4, -0.2) is 30.8 Å². The molecule has 1 aromatic carbocycles. The monoisotopic (exact) mass is 526 g/mol. The number of aromatic hydroxyl groups is 2. The molecule has 4 N–H and O–H groups in total. The minimum atomic E-state index is -1.99. The van der Waals surface area contributed by atoms with Crippen LogP contribution in [-0.2, 0) is 10.2 Å². The number of fused-ring (bicyclic) bond motifs is 5. The van der Waals surface area contributed by atoms with Crippen molar-refractivity contribution < 1.29 is 29.4 Å². The first-order valence-corrected chi connectivity index (χ1v) is 11.4. The number of phenols is 2. The summed E-state index contributed by atoms with van der Waals surface area (Å²) in [7, 11) is -1.99. The Kier molecular flexibility index (Phi) is 5.14. The van der Waals surface area contributed by atoms with E-state index in [0.29, 0.717) is 11.1 Å². The molecule has 0 aliphatic heterocycles. The van der Waals surface area contributed by atoms with Crippen LogP contribution in [0.5, 0.6) is 11.5 Å². The highest BCUT2D eigenvalue weighted by Crippen LogP contribution is 2.66. The smallest absolute Gasteiger partial charge is 0.496 e. The molecule has 0 spiro atoms. The summed E-state index contributed by atoms with van der Waals surface area (Å²) >= 11 is 2.62. The molecule has 3 atom stereocenters. The van der Waals surface area contributed by atoms with Crippen molar-refractivity contribution in [2.75, 3.05) is 0 Å². The molecule has 8 heteroatoms. The number of phenolic OH excluding ortho intramolecular Hbond substituents is 2. The molecule has 0 saturated heterocycles. The Morgan fingerprint density at radius 2 is 1.93 bits per heavy atom. The molecule has 1 saturated carbocycles. The lowest BCUT2D eigenvalue weighted by Crippen LogP contribution is -2.56. The maximum atomic E-state index is 10.4. The van der Waals surface area contributed by atoms with Gasteiger partial charge in [-0.1, -0.05) is 56.4 Å². The summed E-state index contributed by atoms with van der Waals surface area (Å²) in [5, 5.41) is 41.1. The van der Waals surface area contributed by atoms with Gasteiger partial charge in [-0.05, 0) is 37.2 Å². The second-order valence-electron chi connectivity index (χ2n) is 9.45. The van der Waals surface area contributed by atoms with Gasteiger partial charge in [0.15, 0.2) is 17.6 Å². The van der Waals surface area contributed by atoms with E-state index in [0.717, 1.165) is 37.7 Å². The number of hydrogen-bond donors (Lipinski definition) is 4. The highest BCUT2D eigenvalue weighted by atomic mass is 127. The molecule has 2 aromatic rings. The van der Waals surface area contributed by atoms with Crippen LogP contribution in [0.1, 0.15) is 70.3 Å². The van der Waals surface area contributed by atoms with Crippen molar-refractivity contribution in [1.29, 1.82) is 0 Å². The van der Waals surface area contributed by atoms with Crippen LogP contribution in [0.15, 0.2) is 23.3 Å². The number of benzene rings is 1. The lowest BCUT2D eigenvalue weighted by Gasteiger charge is -2.57. The van der Waals surface area contributed by atoms with Crippen molar-refractivity contribution >= 4 is 46.1 Å². The zero-order chi connectivity index (χ0) is 22.1. The Labute approximate surface area is 190 Å². The van der Waals surface area contributed by atoms with E-state index in [1.807, 2.05) is 0 Å². The predicted octanol–water partition coefficient (Wildman–Crippen LogP) is 4.16. The molecular weight excluding hydrogens is 498 g/mol. The first-order valence-electron chi connectivity index (χ1n) is 10.3. The van der Waals surface area contributed by atoms with Crippen molar-refractivity contribution in [3.8, 4) is 11.5 Å². The summed E-state index contributed by atoms with van der Waals surface area (Å²) in [6, 6.07) is 1.47. The Bertz CT molecular complexity index is 1010. The van der Waals surface area contributed by atoms with Gasteiger partial charge in [0.2, 0.25) is 0 Å². The van der Waals surface area contributed by atoms with Crippen LogP contribution in [0, 0.1) is 5.41 Å². The molecule has 0 amide bonds. The molecule has 1 heterocycles. The fourth-order valence-electron chi connectivity index (χ4n) is 5.96. The number of furan rings is 1. The van der Waals surface area contributed by atoms with Crippen molar-refractivity contribution in [3.05, 3.63) is 30.2 Å². The van der Waals surface area contributed by atoms with E-state index in [1.54, 1.807) is 0 Å². The standard InChI is InChI=1S/C22H28BIO6/c1-5-29-14-7-10-22(24)20(2,3)8-6-9-21(22,4)15-12-11-13(25)17(26)16(23(27)28)18(12)30-19(14)15/h5,11,14,25-28H,1,6-10H2,2-4H3/t14?,21-,22-/m0/s1. The van der Waals surface area contributed by atoms with Crippen molar-refractivity contribution in [2.24, 2.45) is 5.41 Å². The average molecular weight is 526 g/mol. The molecule has 1 fully saturated rings. The number of rotatable bonds is 3. The third kappa shape index (κ3) is 2.76. The highest BCUT2D eigenvalue weighted by molar-refractivity contribution is 14.1. The summed E-state index contributed by atoms with van der Waals surface area (Å²) in [4.78, 5) is 0. The van der Waals surface area contributed by atoms with Crippen LogP contribution >= 0.6 is 22.6 Å². The maximum absolute atomic E-state index is 10.4. The number of hydrogen-bond acceptors (Lipinski definition) is 6. The summed E-state index contributed by atoms with van der Waals surface area (Å²) in [5.74, 6) is -0.384. The quantitative estimate of drug-likeness (QED) is 0.158. The van der Waals surface area contributed by atoms with Gasteiger partial charge in [-0.25, -0.2) is 0 Å². The van der Waals surface area contributed by atoms with E-state index in [2.05, 4.69) is 49.9 Å². The van der Waals surface area contributed by atoms with Crippen molar-refractivity contribution in [1.82, 2.24) is 0 Å². The van der Waals surface area contributed by atoms with Gasteiger partial charge in [-0.2, -0.15) is 0 Å². The molecule has 30 heavy (non-hydrogen) atoms. The van der Waals surface area contributed by atoms with Gasteiger partial charge < -0.3 is 29.4 Å². The molecule has 1 unspecified atom stereocenters. The third-order valence-electron chi connectivity index (χ3n) is 7.54. The second kappa shape index (κ2) is 7.07. The van der Waals surface area contributed by atoms with E-state index in [-0.39, 0.29) is 31.4 Å². The zero-order valence-corrected chi connectivity index (χ0v) is 19.7.